The standard InChI is InChI=1S/C18H17N3O/c19-13-21-10-9-17(12-21)20-18(22)16-8-4-7-15(11-16)14-5-2-1-3-6-14/h1-8,11,17H,9-10,12H2,(H,20,22). The Labute approximate surface area is 130 Å². The van der Waals surface area contributed by atoms with Crippen LogP contribution in [-0.2, 0) is 0 Å². The smallest absolute Gasteiger partial charge is 0.251 e. The second kappa shape index (κ2) is 6.31. The first kappa shape index (κ1) is 14.2. The van der Waals surface area contributed by atoms with E-state index in [1.54, 1.807) is 4.90 Å². The molecule has 1 fully saturated rings. The summed E-state index contributed by atoms with van der Waals surface area (Å²) in [4.78, 5) is 14.0. The molecule has 22 heavy (non-hydrogen) atoms. The number of nitriles is 1. The van der Waals surface area contributed by atoms with Crippen molar-refractivity contribution in [2.24, 2.45) is 0 Å². The largest absolute Gasteiger partial charge is 0.347 e. The van der Waals surface area contributed by atoms with E-state index in [1.165, 1.54) is 0 Å². The van der Waals surface area contributed by atoms with Gasteiger partial charge in [-0.15, -0.1) is 0 Å². The lowest BCUT2D eigenvalue weighted by Crippen LogP contribution is -2.36. The molecule has 1 atom stereocenters. The third kappa shape index (κ3) is 3.09. The monoisotopic (exact) mass is 291 g/mol. The molecule has 0 spiro atoms. The van der Waals surface area contributed by atoms with E-state index in [0.717, 1.165) is 17.5 Å². The number of hydrogen-bond donors (Lipinski definition) is 1. The van der Waals surface area contributed by atoms with Gasteiger partial charge in [0.1, 0.15) is 0 Å². The Morgan fingerprint density at radius 3 is 2.64 bits per heavy atom. The molecule has 4 nitrogen and oxygen atoms in total. The van der Waals surface area contributed by atoms with Crippen molar-refractivity contribution >= 4 is 5.91 Å². The molecular weight excluding hydrogens is 274 g/mol. The molecule has 1 aliphatic heterocycles. The molecule has 2 aromatic rings. The van der Waals surface area contributed by atoms with Crippen LogP contribution in [0.5, 0.6) is 0 Å². The molecule has 1 unspecified atom stereocenters. The summed E-state index contributed by atoms with van der Waals surface area (Å²) in [5.74, 6) is -0.0810. The zero-order valence-electron chi connectivity index (χ0n) is 12.2. The first-order chi connectivity index (χ1) is 10.8. The average Bonchev–Trinajstić information content (AvgIpc) is 3.03. The first-order valence-electron chi connectivity index (χ1n) is 7.37. The molecule has 1 amide bonds. The number of nitrogens with one attached hydrogen (secondary N) is 1. The second-order valence-electron chi connectivity index (χ2n) is 5.45. The lowest BCUT2D eigenvalue weighted by atomic mass is 10.0. The molecule has 0 aliphatic carbocycles. The molecule has 1 N–H and O–H groups in total. The van der Waals surface area contributed by atoms with E-state index in [1.807, 2.05) is 54.6 Å². The minimum absolute atomic E-state index is 0.0486. The van der Waals surface area contributed by atoms with Crippen molar-refractivity contribution in [3.63, 3.8) is 0 Å². The van der Waals surface area contributed by atoms with Gasteiger partial charge in [-0.05, 0) is 29.7 Å². The Morgan fingerprint density at radius 1 is 1.14 bits per heavy atom. The number of carbonyl (C=O) groups excluding carboxylic acids is 1. The van der Waals surface area contributed by atoms with Gasteiger partial charge in [0.25, 0.3) is 5.91 Å². The van der Waals surface area contributed by atoms with Gasteiger partial charge in [0, 0.05) is 24.7 Å². The fourth-order valence-corrected chi connectivity index (χ4v) is 2.71. The topological polar surface area (TPSA) is 56.1 Å². The van der Waals surface area contributed by atoms with Crippen LogP contribution in [0.2, 0.25) is 0 Å². The summed E-state index contributed by atoms with van der Waals surface area (Å²) >= 11 is 0. The van der Waals surface area contributed by atoms with Gasteiger partial charge in [-0.3, -0.25) is 4.79 Å². The summed E-state index contributed by atoms with van der Waals surface area (Å²) in [6.45, 7) is 1.31. The van der Waals surface area contributed by atoms with Gasteiger partial charge in [-0.1, -0.05) is 42.5 Å². The second-order valence-corrected chi connectivity index (χ2v) is 5.45. The summed E-state index contributed by atoms with van der Waals surface area (Å²) in [5.41, 5.74) is 2.77. The normalized spacial score (nSPS) is 17.0. The Balaban J connectivity index is 1.73. The maximum Gasteiger partial charge on any atom is 0.251 e. The van der Waals surface area contributed by atoms with Crippen molar-refractivity contribution in [3.8, 4) is 17.3 Å². The van der Waals surface area contributed by atoms with Crippen molar-refractivity contribution in [2.75, 3.05) is 13.1 Å². The van der Waals surface area contributed by atoms with Crippen LogP contribution in [0.25, 0.3) is 11.1 Å². The fraction of sp³-hybridized carbons (Fsp3) is 0.222. The summed E-state index contributed by atoms with van der Waals surface area (Å²) in [6.07, 6.45) is 2.94. The van der Waals surface area contributed by atoms with Crippen LogP contribution in [0.3, 0.4) is 0 Å². The predicted molar refractivity (Wildman–Crippen MR) is 84.9 cm³/mol. The van der Waals surface area contributed by atoms with E-state index in [0.29, 0.717) is 18.7 Å². The number of likely N-dealkylation sites (tertiary alicyclic amines) is 1. The van der Waals surface area contributed by atoms with Gasteiger partial charge >= 0.3 is 0 Å². The van der Waals surface area contributed by atoms with Crippen LogP contribution in [-0.4, -0.2) is 29.9 Å². The fourth-order valence-electron chi connectivity index (χ4n) is 2.71. The molecule has 2 aromatic carbocycles. The number of rotatable bonds is 3. The van der Waals surface area contributed by atoms with E-state index in [-0.39, 0.29) is 11.9 Å². The quantitative estimate of drug-likeness (QED) is 0.884. The third-order valence-electron chi connectivity index (χ3n) is 3.90. The Hall–Kier alpha value is -2.80. The zero-order valence-corrected chi connectivity index (χ0v) is 12.2. The van der Waals surface area contributed by atoms with Crippen LogP contribution in [0, 0.1) is 11.5 Å². The average molecular weight is 291 g/mol. The van der Waals surface area contributed by atoms with E-state index in [2.05, 4.69) is 11.5 Å². The van der Waals surface area contributed by atoms with Gasteiger partial charge in [0.15, 0.2) is 6.19 Å². The highest BCUT2D eigenvalue weighted by Gasteiger charge is 2.23. The number of nitrogens with zero attached hydrogens (tertiary/aromatic N) is 2. The minimum atomic E-state index is -0.0810. The van der Waals surface area contributed by atoms with Crippen molar-refractivity contribution in [3.05, 3.63) is 60.2 Å². The maximum atomic E-state index is 12.4. The van der Waals surface area contributed by atoms with Gasteiger partial charge in [-0.2, -0.15) is 5.26 Å². The van der Waals surface area contributed by atoms with Crippen LogP contribution >= 0.6 is 0 Å². The summed E-state index contributed by atoms with van der Waals surface area (Å²) in [6, 6.07) is 17.7. The lowest BCUT2D eigenvalue weighted by Gasteiger charge is -2.13. The molecule has 0 saturated carbocycles. The Morgan fingerprint density at radius 2 is 1.91 bits per heavy atom. The van der Waals surface area contributed by atoms with Gasteiger partial charge in [0.05, 0.1) is 0 Å². The molecule has 0 radical (unpaired) electrons. The summed E-state index contributed by atoms with van der Waals surface area (Å²) in [5, 5.41) is 11.9. The van der Waals surface area contributed by atoms with Crippen molar-refractivity contribution in [1.82, 2.24) is 10.2 Å². The predicted octanol–water partition coefficient (Wildman–Crippen LogP) is 2.64. The van der Waals surface area contributed by atoms with Crippen LogP contribution in [0.4, 0.5) is 0 Å². The van der Waals surface area contributed by atoms with E-state index in [4.69, 9.17) is 5.26 Å². The Bertz CT molecular complexity index is 706. The van der Waals surface area contributed by atoms with Gasteiger partial charge in [-0.25, -0.2) is 0 Å². The molecule has 0 bridgehead atoms. The highest BCUT2D eigenvalue weighted by atomic mass is 16.1. The van der Waals surface area contributed by atoms with Crippen LogP contribution in [0.15, 0.2) is 54.6 Å². The molecule has 1 saturated heterocycles. The Kier molecular flexibility index (Phi) is 4.06. The molecule has 1 heterocycles. The minimum Gasteiger partial charge on any atom is -0.347 e. The first-order valence-corrected chi connectivity index (χ1v) is 7.37. The molecule has 0 aromatic heterocycles. The summed E-state index contributed by atoms with van der Waals surface area (Å²) in [7, 11) is 0. The van der Waals surface area contributed by atoms with Gasteiger partial charge in [0.2, 0.25) is 0 Å². The molecular formula is C18H17N3O. The van der Waals surface area contributed by atoms with Crippen LogP contribution in [0.1, 0.15) is 16.8 Å². The van der Waals surface area contributed by atoms with Crippen molar-refractivity contribution < 1.29 is 4.79 Å². The molecule has 4 heteroatoms. The number of carbonyl (C=O) groups is 1. The highest BCUT2D eigenvalue weighted by Crippen LogP contribution is 2.20. The SMILES string of the molecule is N#CN1CCC(NC(=O)c2cccc(-c3ccccc3)c2)C1. The van der Waals surface area contributed by atoms with Crippen LogP contribution < -0.4 is 5.32 Å². The van der Waals surface area contributed by atoms with Crippen molar-refractivity contribution in [2.45, 2.75) is 12.5 Å². The zero-order chi connectivity index (χ0) is 15.4. The number of hydrogen-bond acceptors (Lipinski definition) is 3. The maximum absolute atomic E-state index is 12.4. The van der Waals surface area contributed by atoms with Crippen molar-refractivity contribution in [1.29, 1.82) is 5.26 Å². The van der Waals surface area contributed by atoms with E-state index in [9.17, 15) is 4.79 Å². The molecule has 1 aliphatic rings. The number of benzene rings is 2. The highest BCUT2D eigenvalue weighted by molar-refractivity contribution is 5.95. The van der Waals surface area contributed by atoms with Gasteiger partial charge < -0.3 is 10.2 Å². The van der Waals surface area contributed by atoms with E-state index < -0.39 is 0 Å². The van der Waals surface area contributed by atoms with E-state index >= 15 is 0 Å². The lowest BCUT2D eigenvalue weighted by molar-refractivity contribution is 0.0939. The third-order valence-corrected chi connectivity index (χ3v) is 3.90. The molecule has 110 valence electrons. The number of amides is 1. The summed E-state index contributed by atoms with van der Waals surface area (Å²) < 4.78 is 0. The molecule has 3 rings (SSSR count).